The third-order valence-corrected chi connectivity index (χ3v) is 7.36. The number of guanidine groups is 1. The standard InChI is InChI=1S/C17H31N3O3S.HI/c1-2-18-16(19-12-14-6-10-24(21,22)13-14)20-15-5-9-23-17(11-15)7-3-4-8-17;/h14-15H,2-13H2,1H3,(H2,18,19,20);1H. The van der Waals surface area contributed by atoms with Crippen LogP contribution in [-0.4, -0.2) is 57.2 Å². The molecular formula is C17H32IN3O3S. The molecule has 0 bridgehead atoms. The Morgan fingerprint density at radius 2 is 2.04 bits per heavy atom. The molecule has 25 heavy (non-hydrogen) atoms. The molecule has 2 N–H and O–H groups in total. The lowest BCUT2D eigenvalue weighted by atomic mass is 9.89. The van der Waals surface area contributed by atoms with Gasteiger partial charge in [0.15, 0.2) is 15.8 Å². The summed E-state index contributed by atoms with van der Waals surface area (Å²) in [5.74, 6) is 1.60. The van der Waals surface area contributed by atoms with Crippen molar-refractivity contribution in [2.24, 2.45) is 10.9 Å². The van der Waals surface area contributed by atoms with E-state index in [9.17, 15) is 8.42 Å². The first-order valence-electron chi connectivity index (χ1n) is 9.39. The van der Waals surface area contributed by atoms with Crippen LogP contribution in [-0.2, 0) is 14.6 Å². The summed E-state index contributed by atoms with van der Waals surface area (Å²) in [6.07, 6.45) is 7.70. The topological polar surface area (TPSA) is 79.8 Å². The minimum atomic E-state index is -2.82. The highest BCUT2D eigenvalue weighted by atomic mass is 127. The number of hydrogen-bond donors (Lipinski definition) is 2. The summed E-state index contributed by atoms with van der Waals surface area (Å²) in [4.78, 5) is 4.66. The Labute approximate surface area is 168 Å². The second-order valence-corrected chi connectivity index (χ2v) is 9.79. The van der Waals surface area contributed by atoms with Gasteiger partial charge in [0.2, 0.25) is 0 Å². The zero-order chi connectivity index (χ0) is 17.0. The first-order valence-corrected chi connectivity index (χ1v) is 11.2. The van der Waals surface area contributed by atoms with Crippen molar-refractivity contribution in [1.82, 2.24) is 10.6 Å². The molecule has 0 aromatic heterocycles. The molecule has 2 heterocycles. The second kappa shape index (κ2) is 9.21. The van der Waals surface area contributed by atoms with E-state index in [1.54, 1.807) is 0 Å². The zero-order valence-corrected chi connectivity index (χ0v) is 18.3. The zero-order valence-electron chi connectivity index (χ0n) is 15.1. The Kier molecular flexibility index (Phi) is 7.82. The Balaban J connectivity index is 0.00000225. The molecular weight excluding hydrogens is 453 g/mol. The van der Waals surface area contributed by atoms with E-state index >= 15 is 0 Å². The van der Waals surface area contributed by atoms with Crippen LogP contribution in [0.5, 0.6) is 0 Å². The Bertz CT molecular complexity index is 561. The van der Waals surface area contributed by atoms with Crippen LogP contribution in [0.3, 0.4) is 0 Å². The van der Waals surface area contributed by atoms with E-state index in [0.29, 0.717) is 18.3 Å². The molecule has 146 valence electrons. The summed E-state index contributed by atoms with van der Waals surface area (Å²) in [7, 11) is -2.82. The Morgan fingerprint density at radius 3 is 2.68 bits per heavy atom. The molecule has 2 unspecified atom stereocenters. The minimum Gasteiger partial charge on any atom is -0.375 e. The van der Waals surface area contributed by atoms with Gasteiger partial charge in [0.05, 0.1) is 17.1 Å². The van der Waals surface area contributed by atoms with E-state index in [1.165, 1.54) is 25.7 Å². The fraction of sp³-hybridized carbons (Fsp3) is 0.941. The van der Waals surface area contributed by atoms with Crippen LogP contribution in [0.15, 0.2) is 4.99 Å². The monoisotopic (exact) mass is 485 g/mol. The van der Waals surface area contributed by atoms with Crippen LogP contribution in [0.25, 0.3) is 0 Å². The van der Waals surface area contributed by atoms with E-state index in [0.717, 1.165) is 38.4 Å². The van der Waals surface area contributed by atoms with Crippen molar-refractivity contribution in [3.05, 3.63) is 0 Å². The van der Waals surface area contributed by atoms with Crippen molar-refractivity contribution in [3.8, 4) is 0 Å². The van der Waals surface area contributed by atoms with E-state index in [2.05, 4.69) is 22.5 Å². The van der Waals surface area contributed by atoms with Gasteiger partial charge < -0.3 is 15.4 Å². The first-order chi connectivity index (χ1) is 11.5. The summed E-state index contributed by atoms with van der Waals surface area (Å²) in [6.45, 7) is 4.27. The third-order valence-electron chi connectivity index (χ3n) is 5.53. The van der Waals surface area contributed by atoms with E-state index in [1.807, 2.05) is 0 Å². The van der Waals surface area contributed by atoms with Crippen molar-refractivity contribution < 1.29 is 13.2 Å². The summed E-state index contributed by atoms with van der Waals surface area (Å²) < 4.78 is 29.3. The number of nitrogens with zero attached hydrogens (tertiary/aromatic N) is 1. The number of nitrogens with one attached hydrogen (secondary N) is 2. The van der Waals surface area contributed by atoms with Crippen LogP contribution in [0, 0.1) is 5.92 Å². The molecule has 1 saturated carbocycles. The maximum atomic E-state index is 11.6. The maximum absolute atomic E-state index is 11.6. The van der Waals surface area contributed by atoms with Gasteiger partial charge in [0.1, 0.15) is 0 Å². The van der Waals surface area contributed by atoms with Crippen LogP contribution < -0.4 is 10.6 Å². The highest BCUT2D eigenvalue weighted by molar-refractivity contribution is 14.0. The molecule has 0 radical (unpaired) electrons. The van der Waals surface area contributed by atoms with Crippen LogP contribution in [0.4, 0.5) is 0 Å². The molecule has 2 saturated heterocycles. The lowest BCUT2D eigenvalue weighted by molar-refractivity contribution is -0.0815. The summed E-state index contributed by atoms with van der Waals surface area (Å²) in [6, 6.07) is 0.391. The highest BCUT2D eigenvalue weighted by Gasteiger charge is 2.40. The molecule has 2 aliphatic heterocycles. The fourth-order valence-electron chi connectivity index (χ4n) is 4.27. The molecule has 0 amide bonds. The fourth-order valence-corrected chi connectivity index (χ4v) is 6.12. The smallest absolute Gasteiger partial charge is 0.191 e. The van der Waals surface area contributed by atoms with Crippen LogP contribution >= 0.6 is 24.0 Å². The molecule has 1 spiro atoms. The van der Waals surface area contributed by atoms with Crippen LogP contribution in [0.2, 0.25) is 0 Å². The Hall–Kier alpha value is -0.0900. The average molecular weight is 485 g/mol. The predicted octanol–water partition coefficient (Wildman–Crippen LogP) is 2.09. The molecule has 3 aliphatic rings. The van der Waals surface area contributed by atoms with Crippen molar-refractivity contribution in [3.63, 3.8) is 0 Å². The van der Waals surface area contributed by atoms with E-state index < -0.39 is 9.84 Å². The van der Waals surface area contributed by atoms with E-state index in [4.69, 9.17) is 4.74 Å². The van der Waals surface area contributed by atoms with Gasteiger partial charge in [-0.25, -0.2) is 8.42 Å². The average Bonchev–Trinajstić information content (AvgIpc) is 3.12. The summed E-state index contributed by atoms with van der Waals surface area (Å²) in [5, 5.41) is 6.86. The maximum Gasteiger partial charge on any atom is 0.191 e. The number of halogens is 1. The third kappa shape index (κ3) is 5.95. The molecule has 8 heteroatoms. The number of sulfone groups is 1. The molecule has 0 aromatic rings. The van der Waals surface area contributed by atoms with Gasteiger partial charge >= 0.3 is 0 Å². The molecule has 2 atom stereocenters. The lowest BCUT2D eigenvalue weighted by Crippen LogP contribution is -2.50. The molecule has 3 fully saturated rings. The highest BCUT2D eigenvalue weighted by Crippen LogP contribution is 2.39. The van der Waals surface area contributed by atoms with Crippen molar-refractivity contribution in [2.45, 2.75) is 63.5 Å². The van der Waals surface area contributed by atoms with Crippen molar-refractivity contribution >= 4 is 39.8 Å². The van der Waals surface area contributed by atoms with Crippen molar-refractivity contribution in [1.29, 1.82) is 0 Å². The normalized spacial score (nSPS) is 30.8. The number of ether oxygens (including phenoxy) is 1. The minimum absolute atomic E-state index is 0. The van der Waals surface area contributed by atoms with Gasteiger partial charge in [-0.2, -0.15) is 0 Å². The molecule has 1 aliphatic carbocycles. The predicted molar refractivity (Wildman–Crippen MR) is 111 cm³/mol. The van der Waals surface area contributed by atoms with Gasteiger partial charge in [-0.15, -0.1) is 24.0 Å². The van der Waals surface area contributed by atoms with Gasteiger partial charge in [-0.1, -0.05) is 12.8 Å². The largest absolute Gasteiger partial charge is 0.375 e. The van der Waals surface area contributed by atoms with Crippen LogP contribution in [0.1, 0.15) is 51.9 Å². The summed E-state index contributed by atoms with van der Waals surface area (Å²) in [5.41, 5.74) is 0.0901. The first kappa shape index (κ1) is 21.2. The molecule has 3 rings (SSSR count). The number of hydrogen-bond acceptors (Lipinski definition) is 4. The van der Waals surface area contributed by atoms with Gasteiger partial charge in [-0.3, -0.25) is 4.99 Å². The van der Waals surface area contributed by atoms with Gasteiger partial charge in [0, 0.05) is 25.7 Å². The SMILES string of the molecule is CCNC(=NCC1CCS(=O)(=O)C1)NC1CCOC2(CCCC2)C1.I. The number of rotatable bonds is 4. The number of aliphatic imine (C=N–C) groups is 1. The lowest BCUT2D eigenvalue weighted by Gasteiger charge is -2.39. The molecule has 6 nitrogen and oxygen atoms in total. The van der Waals surface area contributed by atoms with Crippen molar-refractivity contribution in [2.75, 3.05) is 31.2 Å². The second-order valence-electron chi connectivity index (χ2n) is 7.56. The molecule has 0 aromatic carbocycles. The van der Waals surface area contributed by atoms with Gasteiger partial charge in [-0.05, 0) is 44.9 Å². The quantitative estimate of drug-likeness (QED) is 0.362. The van der Waals surface area contributed by atoms with Gasteiger partial charge in [0.25, 0.3) is 0 Å². The van der Waals surface area contributed by atoms with E-state index in [-0.39, 0.29) is 41.2 Å². The Morgan fingerprint density at radius 1 is 1.28 bits per heavy atom. The summed E-state index contributed by atoms with van der Waals surface area (Å²) >= 11 is 0.